The van der Waals surface area contributed by atoms with Crippen LogP contribution in [0.15, 0.2) is 15.8 Å². The van der Waals surface area contributed by atoms with Crippen molar-refractivity contribution < 1.29 is 4.74 Å². The first kappa shape index (κ1) is 15.9. The normalized spacial score (nSPS) is 17.9. The molecule has 1 aliphatic rings. The van der Waals surface area contributed by atoms with Crippen molar-refractivity contribution in [1.82, 2.24) is 19.4 Å². The minimum Gasteiger partial charge on any atom is -0.379 e. The van der Waals surface area contributed by atoms with Gasteiger partial charge < -0.3 is 14.6 Å². The molecule has 1 aromatic heterocycles. The van der Waals surface area contributed by atoms with Crippen molar-refractivity contribution in [1.29, 1.82) is 0 Å². The van der Waals surface area contributed by atoms with Crippen LogP contribution in [0.5, 0.6) is 0 Å². The largest absolute Gasteiger partial charge is 0.379 e. The second-order valence-electron chi connectivity index (χ2n) is 5.61. The van der Waals surface area contributed by atoms with E-state index in [2.05, 4.69) is 17.1 Å². The molecule has 1 fully saturated rings. The van der Waals surface area contributed by atoms with E-state index in [0.717, 1.165) is 37.4 Å². The summed E-state index contributed by atoms with van der Waals surface area (Å²) in [6, 6.07) is 0.269. The molecule has 7 heteroatoms. The molecule has 1 atom stereocenters. The SMILES string of the molecule is CC(CN1CCOCC1)NCc1cn(C)c(=O)n(C)c1=O. The third kappa shape index (κ3) is 4.03. The van der Waals surface area contributed by atoms with Gasteiger partial charge >= 0.3 is 5.69 Å². The summed E-state index contributed by atoms with van der Waals surface area (Å²) in [5.74, 6) is 0. The van der Waals surface area contributed by atoms with Gasteiger partial charge in [0.15, 0.2) is 0 Å². The van der Waals surface area contributed by atoms with E-state index in [1.54, 1.807) is 13.2 Å². The maximum absolute atomic E-state index is 12.0. The summed E-state index contributed by atoms with van der Waals surface area (Å²) in [6.07, 6.45) is 1.61. The Morgan fingerprint density at radius 1 is 1.29 bits per heavy atom. The van der Waals surface area contributed by atoms with Gasteiger partial charge in [-0.2, -0.15) is 0 Å². The summed E-state index contributed by atoms with van der Waals surface area (Å²) < 4.78 is 7.90. The summed E-state index contributed by atoms with van der Waals surface area (Å²) in [7, 11) is 3.16. The average Bonchev–Trinajstić information content (AvgIpc) is 2.48. The van der Waals surface area contributed by atoms with Crippen LogP contribution in [0.4, 0.5) is 0 Å². The maximum Gasteiger partial charge on any atom is 0.330 e. The molecule has 0 spiro atoms. The van der Waals surface area contributed by atoms with Gasteiger partial charge in [0.1, 0.15) is 0 Å². The molecule has 118 valence electrons. The van der Waals surface area contributed by atoms with Crippen molar-refractivity contribution in [3.63, 3.8) is 0 Å². The fourth-order valence-electron chi connectivity index (χ4n) is 2.52. The van der Waals surface area contributed by atoms with E-state index < -0.39 is 0 Å². The third-order valence-corrected chi connectivity index (χ3v) is 3.79. The van der Waals surface area contributed by atoms with Gasteiger partial charge in [-0.15, -0.1) is 0 Å². The summed E-state index contributed by atoms with van der Waals surface area (Å²) >= 11 is 0. The zero-order chi connectivity index (χ0) is 15.4. The lowest BCUT2D eigenvalue weighted by Crippen LogP contribution is -2.45. The van der Waals surface area contributed by atoms with Crippen LogP contribution in [0.25, 0.3) is 0 Å². The third-order valence-electron chi connectivity index (χ3n) is 3.79. The predicted molar refractivity (Wildman–Crippen MR) is 80.5 cm³/mol. The first-order chi connectivity index (χ1) is 9.99. The number of aryl methyl sites for hydroxylation is 1. The molecule has 1 aromatic rings. The van der Waals surface area contributed by atoms with E-state index in [-0.39, 0.29) is 17.3 Å². The first-order valence-corrected chi connectivity index (χ1v) is 7.28. The van der Waals surface area contributed by atoms with E-state index in [0.29, 0.717) is 12.1 Å². The zero-order valence-electron chi connectivity index (χ0n) is 13.0. The highest BCUT2D eigenvalue weighted by Crippen LogP contribution is 1.99. The molecule has 0 aromatic carbocycles. The Kier molecular flexibility index (Phi) is 5.33. The lowest BCUT2D eigenvalue weighted by Gasteiger charge is -2.29. The molecule has 7 nitrogen and oxygen atoms in total. The Balaban J connectivity index is 1.93. The van der Waals surface area contributed by atoms with E-state index in [1.807, 2.05) is 0 Å². The van der Waals surface area contributed by atoms with Crippen molar-refractivity contribution in [3.05, 3.63) is 32.6 Å². The molecule has 2 heterocycles. The fraction of sp³-hybridized carbons (Fsp3) is 0.714. The highest BCUT2D eigenvalue weighted by molar-refractivity contribution is 5.05. The molecule has 0 saturated carbocycles. The highest BCUT2D eigenvalue weighted by Gasteiger charge is 2.14. The van der Waals surface area contributed by atoms with Crippen LogP contribution in [-0.2, 0) is 25.4 Å². The molecule has 0 radical (unpaired) electrons. The smallest absolute Gasteiger partial charge is 0.330 e. The van der Waals surface area contributed by atoms with E-state index >= 15 is 0 Å². The summed E-state index contributed by atoms with van der Waals surface area (Å²) in [5, 5.41) is 3.35. The molecule has 21 heavy (non-hydrogen) atoms. The van der Waals surface area contributed by atoms with Crippen molar-refractivity contribution in [2.45, 2.75) is 19.5 Å². The van der Waals surface area contributed by atoms with Gasteiger partial charge in [0, 0.05) is 58.1 Å². The molecule has 1 aliphatic heterocycles. The van der Waals surface area contributed by atoms with Gasteiger partial charge in [-0.05, 0) is 6.92 Å². The molecule has 2 rings (SSSR count). The Labute approximate surface area is 124 Å². The van der Waals surface area contributed by atoms with Gasteiger partial charge in [0.2, 0.25) is 0 Å². The predicted octanol–water partition coefficient (Wildman–Crippen LogP) is -1.11. The Bertz CT molecular complexity index is 587. The fourth-order valence-corrected chi connectivity index (χ4v) is 2.52. The van der Waals surface area contributed by atoms with E-state index in [9.17, 15) is 9.59 Å². The van der Waals surface area contributed by atoms with Crippen molar-refractivity contribution in [3.8, 4) is 0 Å². The zero-order valence-corrected chi connectivity index (χ0v) is 13.0. The lowest BCUT2D eigenvalue weighted by molar-refractivity contribution is 0.0343. The van der Waals surface area contributed by atoms with Crippen LogP contribution >= 0.6 is 0 Å². The number of rotatable bonds is 5. The topological polar surface area (TPSA) is 68.5 Å². The van der Waals surface area contributed by atoms with Crippen molar-refractivity contribution in [2.24, 2.45) is 14.1 Å². The van der Waals surface area contributed by atoms with E-state index in [1.165, 1.54) is 11.6 Å². The Morgan fingerprint density at radius 2 is 1.95 bits per heavy atom. The minimum atomic E-state index is -0.301. The number of hydrogen-bond acceptors (Lipinski definition) is 5. The van der Waals surface area contributed by atoms with Crippen LogP contribution in [-0.4, -0.2) is 52.9 Å². The average molecular weight is 296 g/mol. The van der Waals surface area contributed by atoms with Gasteiger partial charge in [-0.25, -0.2) is 4.79 Å². The number of morpholine rings is 1. The van der Waals surface area contributed by atoms with Gasteiger partial charge in [-0.3, -0.25) is 14.3 Å². The molecule has 0 bridgehead atoms. The van der Waals surface area contributed by atoms with Crippen molar-refractivity contribution >= 4 is 0 Å². The second kappa shape index (κ2) is 7.02. The van der Waals surface area contributed by atoms with Gasteiger partial charge in [0.05, 0.1) is 13.2 Å². The lowest BCUT2D eigenvalue weighted by atomic mass is 10.2. The van der Waals surface area contributed by atoms with Crippen LogP contribution in [0.3, 0.4) is 0 Å². The molecular weight excluding hydrogens is 272 g/mol. The second-order valence-corrected chi connectivity index (χ2v) is 5.61. The molecule has 0 aliphatic carbocycles. The van der Waals surface area contributed by atoms with Crippen molar-refractivity contribution in [2.75, 3.05) is 32.8 Å². The number of nitrogens with one attached hydrogen (secondary N) is 1. The molecule has 1 N–H and O–H groups in total. The van der Waals surface area contributed by atoms with Crippen LogP contribution in [0, 0.1) is 0 Å². The number of aromatic nitrogens is 2. The first-order valence-electron chi connectivity index (χ1n) is 7.28. The monoisotopic (exact) mass is 296 g/mol. The van der Waals surface area contributed by atoms with E-state index in [4.69, 9.17) is 4.74 Å². The highest BCUT2D eigenvalue weighted by atomic mass is 16.5. The standard InChI is InChI=1S/C14H24N4O3/c1-11(9-18-4-6-21-7-5-18)15-8-12-10-16(2)14(20)17(3)13(12)19/h10-11,15H,4-9H2,1-3H3. The van der Waals surface area contributed by atoms with Crippen LogP contribution in [0.2, 0.25) is 0 Å². The number of hydrogen-bond donors (Lipinski definition) is 1. The molecule has 1 saturated heterocycles. The summed E-state index contributed by atoms with van der Waals surface area (Å²) in [4.78, 5) is 26.0. The van der Waals surface area contributed by atoms with Crippen LogP contribution in [0.1, 0.15) is 12.5 Å². The maximum atomic E-state index is 12.0. The molecular formula is C14H24N4O3. The quantitative estimate of drug-likeness (QED) is 0.746. The molecule has 0 amide bonds. The number of ether oxygens (including phenoxy) is 1. The molecule has 1 unspecified atom stereocenters. The van der Waals surface area contributed by atoms with Gasteiger partial charge in [-0.1, -0.05) is 0 Å². The minimum absolute atomic E-state index is 0.232. The van der Waals surface area contributed by atoms with Gasteiger partial charge in [0.25, 0.3) is 5.56 Å². The summed E-state index contributed by atoms with van der Waals surface area (Å²) in [6.45, 7) is 6.97. The van der Waals surface area contributed by atoms with Crippen LogP contribution < -0.4 is 16.6 Å². The number of nitrogens with zero attached hydrogens (tertiary/aromatic N) is 3. The Morgan fingerprint density at radius 3 is 2.62 bits per heavy atom. The Hall–Kier alpha value is -1.44. The summed E-state index contributed by atoms with van der Waals surface area (Å²) in [5.41, 5.74) is 0.0720.